The van der Waals surface area contributed by atoms with Crippen LogP contribution in [0.15, 0.2) is 36.5 Å². The van der Waals surface area contributed by atoms with Crippen molar-refractivity contribution in [3.63, 3.8) is 0 Å². The summed E-state index contributed by atoms with van der Waals surface area (Å²) in [6.45, 7) is 12.8. The number of nitrogens with zero attached hydrogens (tertiary/aromatic N) is 1. The summed E-state index contributed by atoms with van der Waals surface area (Å²) in [5, 5.41) is 0. The number of carbonyl (C=O) groups is 4. The molecule has 2 atom stereocenters. The van der Waals surface area contributed by atoms with E-state index in [0.29, 0.717) is 45.5 Å². The highest BCUT2D eigenvalue weighted by molar-refractivity contribution is 5.70. The smallest absolute Gasteiger partial charge is 0.465 e. The summed E-state index contributed by atoms with van der Waals surface area (Å²) in [7, 11) is 0. The number of allylic oxidation sites excluding steroid dienone is 5. The maximum absolute atomic E-state index is 13.0. The van der Waals surface area contributed by atoms with Crippen molar-refractivity contribution < 1.29 is 52.3 Å². The van der Waals surface area contributed by atoms with E-state index in [9.17, 15) is 19.2 Å². The fourth-order valence-corrected chi connectivity index (χ4v) is 6.86. The molecule has 12 nitrogen and oxygen atoms in total. The Hall–Kier alpha value is -3.22. The third-order valence-electron chi connectivity index (χ3n) is 10.7. The van der Waals surface area contributed by atoms with Crippen LogP contribution in [0.1, 0.15) is 175 Å². The van der Waals surface area contributed by atoms with Gasteiger partial charge in [-0.05, 0) is 103 Å². The SMILES string of the molecule is CC/C=C\CCCCOC(CCC(=O)OCC(COC(=O)CCCCCCC(=O)OC/C=C/CCCCCC)COC(=O)OCC1CCCN(CC)C1)OCCCC/C=C\CC. The molecule has 0 saturated carbocycles. The molecule has 0 amide bonds. The molecule has 1 aliphatic rings. The minimum atomic E-state index is -0.792. The Bertz CT molecular complexity index is 1180. The van der Waals surface area contributed by atoms with Gasteiger partial charge in [0.05, 0.1) is 18.9 Å². The summed E-state index contributed by atoms with van der Waals surface area (Å²) < 4.78 is 39.5. The van der Waals surface area contributed by atoms with Gasteiger partial charge < -0.3 is 38.1 Å². The highest BCUT2D eigenvalue weighted by Crippen LogP contribution is 2.17. The van der Waals surface area contributed by atoms with Crippen molar-refractivity contribution in [2.24, 2.45) is 11.8 Å². The standard InChI is InChI=1S/C50H87NO11/c1-5-9-12-15-18-23-26-36-56-46(52)31-24-19-20-25-32-47(53)59-41-45(43-62-50(55)61-40-44-30-29-35-51(8-4)39-44)42-60-48(54)33-34-49(57-37-27-21-16-13-10-6-2)58-38-28-22-17-14-11-7-3/h10-11,13-14,23,26,44-45,49H,5-9,12,15-22,24-25,27-43H2,1-4H3/b13-10-,14-11-,26-23+. The van der Waals surface area contributed by atoms with E-state index in [1.54, 1.807) is 0 Å². The van der Waals surface area contributed by atoms with Crippen molar-refractivity contribution in [3.05, 3.63) is 36.5 Å². The van der Waals surface area contributed by atoms with Crippen molar-refractivity contribution in [1.29, 1.82) is 0 Å². The number of unbranched alkanes of at least 4 members (excludes halogenated alkanes) is 11. The molecule has 1 fully saturated rings. The van der Waals surface area contributed by atoms with Crippen molar-refractivity contribution in [2.45, 2.75) is 182 Å². The third kappa shape index (κ3) is 35.3. The van der Waals surface area contributed by atoms with Crippen LogP contribution in [0.3, 0.4) is 0 Å². The second-order valence-corrected chi connectivity index (χ2v) is 16.4. The molecule has 0 aromatic carbocycles. The molecule has 62 heavy (non-hydrogen) atoms. The first-order valence-corrected chi connectivity index (χ1v) is 24.5. The predicted molar refractivity (Wildman–Crippen MR) is 246 cm³/mol. The second kappa shape index (κ2) is 41.8. The lowest BCUT2D eigenvalue weighted by Gasteiger charge is -2.31. The number of rotatable bonds is 40. The molecule has 12 heteroatoms. The van der Waals surface area contributed by atoms with Crippen LogP contribution in [-0.2, 0) is 47.5 Å². The number of hydrogen-bond acceptors (Lipinski definition) is 12. The van der Waals surface area contributed by atoms with Gasteiger partial charge in [0.1, 0.15) is 26.4 Å². The summed E-state index contributed by atoms with van der Waals surface area (Å²) in [6, 6.07) is 0. The minimum absolute atomic E-state index is 0.0811. The molecule has 0 bridgehead atoms. The van der Waals surface area contributed by atoms with Gasteiger partial charge in [-0.15, -0.1) is 0 Å². The summed E-state index contributed by atoms with van der Waals surface area (Å²) in [5.41, 5.74) is 0. The molecule has 1 rings (SSSR count). The van der Waals surface area contributed by atoms with E-state index < -0.39 is 24.3 Å². The number of likely N-dealkylation sites (tertiary alicyclic amines) is 1. The molecule has 1 saturated heterocycles. The van der Waals surface area contributed by atoms with E-state index in [1.807, 2.05) is 6.08 Å². The second-order valence-electron chi connectivity index (χ2n) is 16.4. The van der Waals surface area contributed by atoms with E-state index in [-0.39, 0.29) is 57.1 Å². The molecular weight excluding hydrogens is 791 g/mol. The van der Waals surface area contributed by atoms with Gasteiger partial charge in [0.15, 0.2) is 6.29 Å². The quantitative estimate of drug-likeness (QED) is 0.0190. The Morgan fingerprint density at radius 2 is 1.13 bits per heavy atom. The Morgan fingerprint density at radius 3 is 1.73 bits per heavy atom. The Kier molecular flexibility index (Phi) is 38.3. The van der Waals surface area contributed by atoms with Crippen molar-refractivity contribution >= 4 is 24.1 Å². The van der Waals surface area contributed by atoms with Gasteiger partial charge in [-0.3, -0.25) is 14.4 Å². The topological polar surface area (TPSA) is 136 Å². The van der Waals surface area contributed by atoms with Crippen molar-refractivity contribution in [2.75, 3.05) is 65.9 Å². The number of ether oxygens (including phenoxy) is 7. The van der Waals surface area contributed by atoms with Crippen LogP contribution in [0, 0.1) is 11.8 Å². The molecule has 0 aromatic heterocycles. The zero-order valence-electron chi connectivity index (χ0n) is 39.5. The summed E-state index contributed by atoms with van der Waals surface area (Å²) in [6.07, 6.45) is 31.1. The van der Waals surface area contributed by atoms with Gasteiger partial charge in [0.2, 0.25) is 0 Å². The van der Waals surface area contributed by atoms with Gasteiger partial charge in [-0.25, -0.2) is 4.79 Å². The molecule has 0 radical (unpaired) electrons. The monoisotopic (exact) mass is 878 g/mol. The molecular formula is C50H87NO11. The van der Waals surface area contributed by atoms with E-state index in [2.05, 4.69) is 63.0 Å². The molecule has 0 N–H and O–H groups in total. The summed E-state index contributed by atoms with van der Waals surface area (Å²) in [4.78, 5) is 52.6. The summed E-state index contributed by atoms with van der Waals surface area (Å²) >= 11 is 0. The van der Waals surface area contributed by atoms with Gasteiger partial charge >= 0.3 is 24.1 Å². The lowest BCUT2D eigenvalue weighted by atomic mass is 9.99. The maximum Gasteiger partial charge on any atom is 0.508 e. The Morgan fingerprint density at radius 1 is 0.581 bits per heavy atom. The van der Waals surface area contributed by atoms with E-state index in [4.69, 9.17) is 33.2 Å². The number of hydrogen-bond donors (Lipinski definition) is 0. The zero-order chi connectivity index (χ0) is 45.1. The molecule has 0 aromatic rings. The lowest BCUT2D eigenvalue weighted by Crippen LogP contribution is -2.37. The first-order chi connectivity index (χ1) is 30.3. The normalized spacial score (nSPS) is 15.1. The largest absolute Gasteiger partial charge is 0.508 e. The van der Waals surface area contributed by atoms with Crippen LogP contribution in [-0.4, -0.2) is 101 Å². The molecule has 0 spiro atoms. The maximum atomic E-state index is 13.0. The Labute approximate surface area is 376 Å². The van der Waals surface area contributed by atoms with Gasteiger partial charge in [-0.1, -0.05) is 96.3 Å². The molecule has 1 aliphatic heterocycles. The summed E-state index contributed by atoms with van der Waals surface area (Å²) in [5.74, 6) is -1.36. The average molecular weight is 878 g/mol. The van der Waals surface area contributed by atoms with Crippen LogP contribution < -0.4 is 0 Å². The van der Waals surface area contributed by atoms with Crippen LogP contribution >= 0.6 is 0 Å². The average Bonchev–Trinajstić information content (AvgIpc) is 3.28. The molecule has 1 heterocycles. The molecule has 0 aliphatic carbocycles. The van der Waals surface area contributed by atoms with Gasteiger partial charge in [0.25, 0.3) is 0 Å². The predicted octanol–water partition coefficient (Wildman–Crippen LogP) is 11.4. The van der Waals surface area contributed by atoms with Gasteiger partial charge in [0, 0.05) is 44.9 Å². The van der Waals surface area contributed by atoms with E-state index in [1.165, 1.54) is 19.3 Å². The first-order valence-electron chi connectivity index (χ1n) is 24.5. The Balaban J connectivity index is 2.58. The number of esters is 3. The van der Waals surface area contributed by atoms with Crippen LogP contribution in [0.5, 0.6) is 0 Å². The highest BCUT2D eigenvalue weighted by Gasteiger charge is 2.23. The van der Waals surface area contributed by atoms with Crippen LogP contribution in [0.4, 0.5) is 4.79 Å². The van der Waals surface area contributed by atoms with Crippen molar-refractivity contribution in [1.82, 2.24) is 4.90 Å². The van der Waals surface area contributed by atoms with E-state index >= 15 is 0 Å². The third-order valence-corrected chi connectivity index (χ3v) is 10.7. The lowest BCUT2D eigenvalue weighted by molar-refractivity contribution is -0.161. The first kappa shape index (κ1) is 56.8. The van der Waals surface area contributed by atoms with Crippen LogP contribution in [0.2, 0.25) is 0 Å². The van der Waals surface area contributed by atoms with Crippen molar-refractivity contribution in [3.8, 4) is 0 Å². The highest BCUT2D eigenvalue weighted by atomic mass is 16.7. The molecule has 2 unspecified atom stereocenters. The fraction of sp³-hybridized carbons (Fsp3) is 0.800. The fourth-order valence-electron chi connectivity index (χ4n) is 6.86. The van der Waals surface area contributed by atoms with Gasteiger partial charge in [-0.2, -0.15) is 0 Å². The zero-order valence-corrected chi connectivity index (χ0v) is 39.5. The van der Waals surface area contributed by atoms with E-state index in [0.717, 1.165) is 110 Å². The molecule has 358 valence electrons. The number of carbonyl (C=O) groups excluding carboxylic acids is 4. The number of piperidine rings is 1. The minimum Gasteiger partial charge on any atom is -0.465 e. The van der Waals surface area contributed by atoms with Crippen LogP contribution in [0.25, 0.3) is 0 Å².